The van der Waals surface area contributed by atoms with Crippen LogP contribution in [0.4, 0.5) is 4.39 Å². The molecule has 1 aromatic rings. The van der Waals surface area contributed by atoms with Crippen LogP contribution in [-0.4, -0.2) is 68.4 Å². The number of ether oxygens (including phenoxy) is 2. The van der Waals surface area contributed by atoms with E-state index in [2.05, 4.69) is 16.7 Å². The highest BCUT2D eigenvalue weighted by molar-refractivity contribution is 5.21. The van der Waals surface area contributed by atoms with Crippen LogP contribution < -0.4 is 4.74 Å². The number of piperazine rings is 1. The van der Waals surface area contributed by atoms with Crippen molar-refractivity contribution in [1.82, 2.24) is 9.80 Å². The number of nitrogens with zero attached hydrogens (tertiary/aromatic N) is 2. The first-order chi connectivity index (χ1) is 11.2. The Labute approximate surface area is 139 Å². The third-order valence-corrected chi connectivity index (χ3v) is 4.28. The van der Waals surface area contributed by atoms with E-state index in [9.17, 15) is 4.39 Å². The summed E-state index contributed by atoms with van der Waals surface area (Å²) in [6.45, 7) is 12.0. The summed E-state index contributed by atoms with van der Waals surface area (Å²) in [6.07, 6.45) is 0.989. The number of benzene rings is 1. The maximum atomic E-state index is 12.8. The average molecular weight is 324 g/mol. The van der Waals surface area contributed by atoms with E-state index < -0.39 is 0 Å². The van der Waals surface area contributed by atoms with Gasteiger partial charge in [-0.15, -0.1) is 0 Å². The Morgan fingerprint density at radius 2 is 1.91 bits per heavy atom. The molecule has 2 rings (SSSR count). The minimum Gasteiger partial charge on any atom is -0.494 e. The van der Waals surface area contributed by atoms with Gasteiger partial charge in [-0.2, -0.15) is 0 Å². The Kier molecular flexibility index (Phi) is 7.79. The molecular formula is C18H29FN2O2. The molecule has 23 heavy (non-hydrogen) atoms. The third kappa shape index (κ3) is 6.45. The molecule has 1 aliphatic heterocycles. The van der Waals surface area contributed by atoms with Crippen molar-refractivity contribution >= 4 is 0 Å². The largest absolute Gasteiger partial charge is 0.494 e. The lowest BCUT2D eigenvalue weighted by Crippen LogP contribution is -2.52. The highest BCUT2D eigenvalue weighted by Gasteiger charge is 2.22. The second kappa shape index (κ2) is 9.85. The molecular weight excluding hydrogens is 295 g/mol. The average Bonchev–Trinajstić information content (AvgIpc) is 2.55. The minimum absolute atomic E-state index is 0.228. The number of hydrogen-bond acceptors (Lipinski definition) is 4. The maximum absolute atomic E-state index is 12.8. The Morgan fingerprint density at radius 1 is 1.13 bits per heavy atom. The summed E-state index contributed by atoms with van der Waals surface area (Å²) in [4.78, 5) is 5.00. The van der Waals surface area contributed by atoms with Gasteiger partial charge in [0.05, 0.1) is 13.2 Å². The summed E-state index contributed by atoms with van der Waals surface area (Å²) in [7, 11) is 0. The molecule has 1 atom stereocenters. The lowest BCUT2D eigenvalue weighted by molar-refractivity contribution is 0.0477. The standard InChI is InChI=1S/C18H29FN2O2/c1-3-22-14-12-21-11-10-20(15-16(21)2)9-4-13-23-18-7-5-17(19)6-8-18/h5-8,16H,3-4,9-15H2,1-2H3/t16-/m1/s1. The molecule has 5 heteroatoms. The van der Waals surface area contributed by atoms with Gasteiger partial charge in [-0.05, 0) is 44.5 Å². The summed E-state index contributed by atoms with van der Waals surface area (Å²) in [5, 5.41) is 0. The predicted octanol–water partition coefficient (Wildman–Crippen LogP) is 2.64. The summed E-state index contributed by atoms with van der Waals surface area (Å²) < 4.78 is 23.9. The van der Waals surface area contributed by atoms with Crippen LogP contribution in [0.25, 0.3) is 0 Å². The fourth-order valence-corrected chi connectivity index (χ4v) is 2.94. The number of halogens is 1. The lowest BCUT2D eigenvalue weighted by Gasteiger charge is -2.39. The molecule has 0 aromatic heterocycles. The molecule has 0 amide bonds. The van der Waals surface area contributed by atoms with Gasteiger partial charge in [0, 0.05) is 45.4 Å². The van der Waals surface area contributed by atoms with Crippen LogP contribution in [0.2, 0.25) is 0 Å². The third-order valence-electron chi connectivity index (χ3n) is 4.28. The summed E-state index contributed by atoms with van der Waals surface area (Å²) in [5.74, 6) is 0.508. The summed E-state index contributed by atoms with van der Waals surface area (Å²) >= 11 is 0. The highest BCUT2D eigenvalue weighted by Crippen LogP contribution is 2.12. The summed E-state index contributed by atoms with van der Waals surface area (Å²) in [5.41, 5.74) is 0. The normalized spacial score (nSPS) is 19.9. The van der Waals surface area contributed by atoms with E-state index >= 15 is 0 Å². The Balaban J connectivity index is 1.59. The molecule has 0 bridgehead atoms. The van der Waals surface area contributed by atoms with Crippen molar-refractivity contribution in [3.05, 3.63) is 30.1 Å². The molecule has 0 aliphatic carbocycles. The van der Waals surface area contributed by atoms with Crippen molar-refractivity contribution in [3.8, 4) is 5.75 Å². The second-order valence-corrected chi connectivity index (χ2v) is 6.04. The van der Waals surface area contributed by atoms with Crippen molar-refractivity contribution in [2.75, 3.05) is 52.5 Å². The van der Waals surface area contributed by atoms with E-state index in [1.54, 1.807) is 12.1 Å². The number of hydrogen-bond donors (Lipinski definition) is 0. The van der Waals surface area contributed by atoms with Gasteiger partial charge < -0.3 is 14.4 Å². The second-order valence-electron chi connectivity index (χ2n) is 6.04. The van der Waals surface area contributed by atoms with E-state index in [4.69, 9.17) is 9.47 Å². The molecule has 1 fully saturated rings. The molecule has 0 spiro atoms. The fraction of sp³-hybridized carbons (Fsp3) is 0.667. The van der Waals surface area contributed by atoms with Crippen LogP contribution in [0.3, 0.4) is 0 Å². The van der Waals surface area contributed by atoms with E-state index in [0.717, 1.165) is 58.1 Å². The van der Waals surface area contributed by atoms with E-state index in [1.165, 1.54) is 12.1 Å². The zero-order valence-electron chi connectivity index (χ0n) is 14.3. The zero-order valence-corrected chi connectivity index (χ0v) is 14.3. The monoisotopic (exact) mass is 324 g/mol. The van der Waals surface area contributed by atoms with Gasteiger partial charge in [-0.1, -0.05) is 0 Å². The molecule has 0 saturated carbocycles. The molecule has 1 heterocycles. The molecule has 130 valence electrons. The van der Waals surface area contributed by atoms with Crippen molar-refractivity contribution in [1.29, 1.82) is 0 Å². The first-order valence-corrected chi connectivity index (χ1v) is 8.61. The molecule has 0 unspecified atom stereocenters. The SMILES string of the molecule is CCOCCN1CCN(CCCOc2ccc(F)cc2)C[C@H]1C. The van der Waals surface area contributed by atoms with Crippen molar-refractivity contribution in [2.45, 2.75) is 26.3 Å². The van der Waals surface area contributed by atoms with Gasteiger partial charge in [0.15, 0.2) is 0 Å². The van der Waals surface area contributed by atoms with Gasteiger partial charge in [-0.3, -0.25) is 4.90 Å². The van der Waals surface area contributed by atoms with Crippen molar-refractivity contribution < 1.29 is 13.9 Å². The molecule has 1 aromatic carbocycles. The lowest BCUT2D eigenvalue weighted by atomic mass is 10.2. The predicted molar refractivity (Wildman–Crippen MR) is 90.5 cm³/mol. The smallest absolute Gasteiger partial charge is 0.123 e. The number of rotatable bonds is 9. The molecule has 0 N–H and O–H groups in total. The molecule has 1 aliphatic rings. The van der Waals surface area contributed by atoms with Crippen LogP contribution in [0, 0.1) is 5.82 Å². The highest BCUT2D eigenvalue weighted by atomic mass is 19.1. The quantitative estimate of drug-likeness (QED) is 0.652. The molecule has 0 radical (unpaired) electrons. The van der Waals surface area contributed by atoms with Gasteiger partial charge in [-0.25, -0.2) is 4.39 Å². The molecule has 4 nitrogen and oxygen atoms in total. The van der Waals surface area contributed by atoms with Crippen molar-refractivity contribution in [2.24, 2.45) is 0 Å². The van der Waals surface area contributed by atoms with Gasteiger partial charge in [0.2, 0.25) is 0 Å². The first-order valence-electron chi connectivity index (χ1n) is 8.61. The first kappa shape index (κ1) is 18.2. The Morgan fingerprint density at radius 3 is 2.61 bits per heavy atom. The van der Waals surface area contributed by atoms with Crippen LogP contribution in [0.15, 0.2) is 24.3 Å². The Bertz CT molecular complexity index is 441. The van der Waals surface area contributed by atoms with Crippen LogP contribution >= 0.6 is 0 Å². The van der Waals surface area contributed by atoms with Crippen LogP contribution in [-0.2, 0) is 4.74 Å². The Hall–Kier alpha value is -1.17. The van der Waals surface area contributed by atoms with Crippen molar-refractivity contribution in [3.63, 3.8) is 0 Å². The van der Waals surface area contributed by atoms with Gasteiger partial charge in [0.25, 0.3) is 0 Å². The van der Waals surface area contributed by atoms with Crippen LogP contribution in [0.1, 0.15) is 20.3 Å². The topological polar surface area (TPSA) is 24.9 Å². The maximum Gasteiger partial charge on any atom is 0.123 e. The van der Waals surface area contributed by atoms with E-state index in [0.29, 0.717) is 12.6 Å². The van der Waals surface area contributed by atoms with Gasteiger partial charge in [0.1, 0.15) is 11.6 Å². The minimum atomic E-state index is -0.228. The molecule has 1 saturated heterocycles. The summed E-state index contributed by atoms with van der Waals surface area (Å²) in [6, 6.07) is 6.78. The zero-order chi connectivity index (χ0) is 16.5. The van der Waals surface area contributed by atoms with E-state index in [1.807, 2.05) is 6.92 Å². The van der Waals surface area contributed by atoms with Crippen LogP contribution in [0.5, 0.6) is 5.75 Å². The van der Waals surface area contributed by atoms with Gasteiger partial charge >= 0.3 is 0 Å². The fourth-order valence-electron chi connectivity index (χ4n) is 2.94. The van der Waals surface area contributed by atoms with E-state index in [-0.39, 0.29) is 5.82 Å².